The van der Waals surface area contributed by atoms with Crippen molar-refractivity contribution in [2.75, 3.05) is 11.1 Å². The summed E-state index contributed by atoms with van der Waals surface area (Å²) in [5.74, 6) is 0. The maximum absolute atomic E-state index is 5.98. The van der Waals surface area contributed by atoms with Crippen LogP contribution in [0.5, 0.6) is 0 Å². The third-order valence-corrected chi connectivity index (χ3v) is 2.70. The highest BCUT2D eigenvalue weighted by Crippen LogP contribution is 2.32. The molecule has 0 bridgehead atoms. The zero-order valence-corrected chi connectivity index (χ0v) is 12.2. The van der Waals surface area contributed by atoms with E-state index < -0.39 is 0 Å². The van der Waals surface area contributed by atoms with Gasteiger partial charge in [-0.1, -0.05) is 32.4 Å². The Kier molecular flexibility index (Phi) is 3.98. The Bertz CT molecular complexity index is 392. The van der Waals surface area contributed by atoms with Crippen molar-refractivity contribution in [3.05, 3.63) is 23.2 Å². The Labute approximate surface area is 110 Å². The van der Waals surface area contributed by atoms with Gasteiger partial charge in [0.1, 0.15) is 0 Å². The Balaban J connectivity index is 2.86. The minimum Gasteiger partial charge on any atom is -0.397 e. The summed E-state index contributed by atoms with van der Waals surface area (Å²) >= 11 is 5.98. The van der Waals surface area contributed by atoms with Crippen LogP contribution < -0.4 is 11.1 Å². The highest BCUT2D eigenvalue weighted by Gasteiger charge is 2.25. The predicted molar refractivity (Wildman–Crippen MR) is 77.6 cm³/mol. The third-order valence-electron chi connectivity index (χ3n) is 2.46. The second kappa shape index (κ2) is 4.77. The van der Waals surface area contributed by atoms with Gasteiger partial charge in [0.15, 0.2) is 0 Å². The first-order valence-electron chi connectivity index (χ1n) is 5.92. The number of benzene rings is 1. The van der Waals surface area contributed by atoms with Crippen molar-refractivity contribution in [2.24, 2.45) is 5.41 Å². The van der Waals surface area contributed by atoms with Crippen molar-refractivity contribution in [1.29, 1.82) is 0 Å². The zero-order chi connectivity index (χ0) is 13.3. The van der Waals surface area contributed by atoms with Crippen LogP contribution in [0.25, 0.3) is 0 Å². The van der Waals surface area contributed by atoms with Crippen molar-refractivity contribution >= 4 is 23.0 Å². The summed E-state index contributed by atoms with van der Waals surface area (Å²) < 4.78 is 0. The predicted octanol–water partition coefficient (Wildman–Crippen LogP) is 4.55. The lowest BCUT2D eigenvalue weighted by Gasteiger charge is -2.34. The van der Waals surface area contributed by atoms with E-state index in [0.29, 0.717) is 5.02 Å². The highest BCUT2D eigenvalue weighted by molar-refractivity contribution is 6.31. The normalized spacial score (nSPS) is 12.6. The van der Waals surface area contributed by atoms with E-state index in [0.717, 1.165) is 17.8 Å². The fourth-order valence-electron chi connectivity index (χ4n) is 2.37. The molecular weight excluding hydrogens is 232 g/mol. The number of rotatable bonds is 3. The second-order valence-corrected chi connectivity index (χ2v) is 6.91. The Morgan fingerprint density at radius 2 is 1.76 bits per heavy atom. The molecule has 0 spiro atoms. The monoisotopic (exact) mass is 254 g/mol. The number of nitrogens with one attached hydrogen (secondary N) is 1. The molecule has 0 fully saturated rings. The van der Waals surface area contributed by atoms with Crippen LogP contribution in [0.3, 0.4) is 0 Å². The Hall–Kier alpha value is -0.890. The maximum atomic E-state index is 5.98. The topological polar surface area (TPSA) is 38.0 Å². The van der Waals surface area contributed by atoms with Crippen LogP contribution in [0.15, 0.2) is 18.2 Å². The number of nitrogen functional groups attached to an aromatic ring is 1. The van der Waals surface area contributed by atoms with Crippen LogP contribution in [0.2, 0.25) is 5.02 Å². The summed E-state index contributed by atoms with van der Waals surface area (Å²) in [6.07, 6.45) is 1.05. The van der Waals surface area contributed by atoms with E-state index in [1.165, 1.54) is 0 Å². The molecule has 0 saturated carbocycles. The van der Waals surface area contributed by atoms with Gasteiger partial charge in [-0.15, -0.1) is 0 Å². The van der Waals surface area contributed by atoms with Gasteiger partial charge >= 0.3 is 0 Å². The lowest BCUT2D eigenvalue weighted by molar-refractivity contribution is 0.302. The SMILES string of the molecule is CC(C)(C)CC(C)(C)Nc1cc(Cl)ccc1N. The fraction of sp³-hybridized carbons (Fsp3) is 0.571. The molecule has 0 unspecified atom stereocenters. The Morgan fingerprint density at radius 1 is 1.18 bits per heavy atom. The van der Waals surface area contributed by atoms with Gasteiger partial charge in [-0.25, -0.2) is 0 Å². The van der Waals surface area contributed by atoms with E-state index in [1.807, 2.05) is 12.1 Å². The van der Waals surface area contributed by atoms with E-state index in [9.17, 15) is 0 Å². The molecule has 0 aliphatic carbocycles. The molecule has 3 N–H and O–H groups in total. The average Bonchev–Trinajstić information content (AvgIpc) is 2.06. The molecular formula is C14H23ClN2. The van der Waals surface area contributed by atoms with Crippen LogP contribution in [0.4, 0.5) is 11.4 Å². The first-order valence-corrected chi connectivity index (χ1v) is 6.30. The van der Waals surface area contributed by atoms with E-state index in [-0.39, 0.29) is 11.0 Å². The molecule has 3 heteroatoms. The van der Waals surface area contributed by atoms with Crippen LogP contribution >= 0.6 is 11.6 Å². The number of halogens is 1. The zero-order valence-electron chi connectivity index (χ0n) is 11.4. The summed E-state index contributed by atoms with van der Waals surface area (Å²) in [6.45, 7) is 11.1. The number of hydrogen-bond donors (Lipinski definition) is 2. The second-order valence-electron chi connectivity index (χ2n) is 6.48. The van der Waals surface area contributed by atoms with Gasteiger partial charge in [0.2, 0.25) is 0 Å². The van der Waals surface area contributed by atoms with Crippen molar-refractivity contribution in [1.82, 2.24) is 0 Å². The smallest absolute Gasteiger partial charge is 0.0592 e. The molecule has 0 atom stereocenters. The van der Waals surface area contributed by atoms with Crippen molar-refractivity contribution in [2.45, 2.75) is 46.6 Å². The molecule has 0 aromatic heterocycles. The van der Waals surface area contributed by atoms with Gasteiger partial charge in [-0.3, -0.25) is 0 Å². The largest absolute Gasteiger partial charge is 0.397 e. The molecule has 1 aromatic carbocycles. The minimum atomic E-state index is -0.0168. The molecule has 0 aliphatic heterocycles. The average molecular weight is 255 g/mol. The molecule has 96 valence electrons. The van der Waals surface area contributed by atoms with Gasteiger partial charge in [-0.05, 0) is 43.9 Å². The number of anilines is 2. The quantitative estimate of drug-likeness (QED) is 0.777. The summed E-state index contributed by atoms with van der Waals surface area (Å²) in [7, 11) is 0. The van der Waals surface area contributed by atoms with Crippen LogP contribution in [-0.4, -0.2) is 5.54 Å². The number of hydrogen-bond acceptors (Lipinski definition) is 2. The first-order chi connectivity index (χ1) is 7.59. The van der Waals surface area contributed by atoms with Gasteiger partial charge in [-0.2, -0.15) is 0 Å². The highest BCUT2D eigenvalue weighted by atomic mass is 35.5. The van der Waals surface area contributed by atoms with E-state index in [4.69, 9.17) is 17.3 Å². The summed E-state index contributed by atoms with van der Waals surface area (Å²) in [5, 5.41) is 4.18. The van der Waals surface area contributed by atoms with E-state index >= 15 is 0 Å². The van der Waals surface area contributed by atoms with Crippen molar-refractivity contribution < 1.29 is 0 Å². The molecule has 0 heterocycles. The van der Waals surface area contributed by atoms with Crippen LogP contribution in [0.1, 0.15) is 41.0 Å². The standard InChI is InChI=1S/C14H23ClN2/c1-13(2,3)9-14(4,5)17-12-8-10(15)6-7-11(12)16/h6-8,17H,9,16H2,1-5H3. The summed E-state index contributed by atoms with van der Waals surface area (Å²) in [6, 6.07) is 5.51. The molecule has 0 saturated heterocycles. The van der Waals surface area contributed by atoms with Crippen molar-refractivity contribution in [3.63, 3.8) is 0 Å². The van der Waals surface area contributed by atoms with Gasteiger partial charge in [0.05, 0.1) is 11.4 Å². The maximum Gasteiger partial charge on any atom is 0.0592 e. The fourth-order valence-corrected chi connectivity index (χ4v) is 2.54. The van der Waals surface area contributed by atoms with Crippen LogP contribution in [0, 0.1) is 5.41 Å². The minimum absolute atomic E-state index is 0.0168. The third kappa shape index (κ3) is 4.86. The number of nitrogens with two attached hydrogens (primary N) is 1. The molecule has 0 amide bonds. The molecule has 0 radical (unpaired) electrons. The van der Waals surface area contributed by atoms with E-state index in [2.05, 4.69) is 39.9 Å². The molecule has 17 heavy (non-hydrogen) atoms. The van der Waals surface area contributed by atoms with Gasteiger partial charge < -0.3 is 11.1 Å². The molecule has 2 nitrogen and oxygen atoms in total. The Morgan fingerprint density at radius 3 is 2.29 bits per heavy atom. The van der Waals surface area contributed by atoms with Gasteiger partial charge in [0.25, 0.3) is 0 Å². The molecule has 1 rings (SSSR count). The van der Waals surface area contributed by atoms with Crippen molar-refractivity contribution in [3.8, 4) is 0 Å². The molecule has 1 aromatic rings. The summed E-state index contributed by atoms with van der Waals surface area (Å²) in [5.41, 5.74) is 7.83. The lowest BCUT2D eigenvalue weighted by atomic mass is 9.81. The molecule has 0 aliphatic rings. The van der Waals surface area contributed by atoms with Gasteiger partial charge in [0, 0.05) is 10.6 Å². The first kappa shape index (κ1) is 14.2. The lowest BCUT2D eigenvalue weighted by Crippen LogP contribution is -2.35. The summed E-state index contributed by atoms with van der Waals surface area (Å²) in [4.78, 5) is 0. The van der Waals surface area contributed by atoms with E-state index in [1.54, 1.807) is 6.07 Å². The van der Waals surface area contributed by atoms with Crippen LogP contribution in [-0.2, 0) is 0 Å².